The Bertz CT molecular complexity index is 2050. The summed E-state index contributed by atoms with van der Waals surface area (Å²) in [4.78, 5) is 52.3. The molecule has 0 saturated carbocycles. The van der Waals surface area contributed by atoms with Crippen LogP contribution in [0, 0.1) is 32.4 Å². The number of anilines is 2. The molecule has 12 heteroatoms. The van der Waals surface area contributed by atoms with E-state index in [1.54, 1.807) is 43.5 Å². The van der Waals surface area contributed by atoms with Gasteiger partial charge in [-0.05, 0) is 125 Å². The summed E-state index contributed by atoms with van der Waals surface area (Å²) in [6.45, 7) is 9.77. The zero-order chi connectivity index (χ0) is 39.5. The number of ketones is 2. The third-order valence-corrected chi connectivity index (χ3v) is 9.65. The Labute approximate surface area is 322 Å². The highest BCUT2D eigenvalue weighted by Gasteiger charge is 2.30. The van der Waals surface area contributed by atoms with Crippen molar-refractivity contribution in [1.29, 1.82) is 0 Å². The highest BCUT2D eigenvalue weighted by atomic mass is 79.9. The second-order valence-corrected chi connectivity index (χ2v) is 13.2. The minimum atomic E-state index is -0.480. The first kappa shape index (κ1) is 41.1. The second kappa shape index (κ2) is 18.9. The maximum atomic E-state index is 13.2. The summed E-state index contributed by atoms with van der Waals surface area (Å²) >= 11 is 3.50. The molecule has 0 radical (unpaired) electrons. The molecule has 2 atom stereocenters. The molecule has 0 bridgehead atoms. The van der Waals surface area contributed by atoms with Crippen LogP contribution in [0.1, 0.15) is 66.6 Å². The maximum absolute atomic E-state index is 13.2. The van der Waals surface area contributed by atoms with Gasteiger partial charge in [-0.1, -0.05) is 44.2 Å². The fourth-order valence-corrected chi connectivity index (χ4v) is 6.23. The molecule has 0 spiro atoms. The molecule has 9 nitrogen and oxygen atoms in total. The van der Waals surface area contributed by atoms with Crippen LogP contribution in [-0.4, -0.2) is 40.5 Å². The number of nitrogens with one attached hydrogen (secondary N) is 2. The Morgan fingerprint density at radius 1 is 0.685 bits per heavy atom. The van der Waals surface area contributed by atoms with E-state index in [1.165, 1.54) is 58.6 Å². The van der Waals surface area contributed by atoms with Crippen LogP contribution in [0.15, 0.2) is 108 Å². The Kier molecular flexibility index (Phi) is 14.4. The molecular weight excluding hydrogens is 758 g/mol. The number of aryl methyl sites for hydroxylation is 3. The molecule has 2 heterocycles. The van der Waals surface area contributed by atoms with Crippen molar-refractivity contribution in [3.8, 4) is 5.75 Å². The first-order valence-corrected chi connectivity index (χ1v) is 18.1. The van der Waals surface area contributed by atoms with E-state index in [4.69, 9.17) is 4.74 Å². The fraction of sp³-hybridized carbons (Fsp3) is 0.238. The van der Waals surface area contributed by atoms with Crippen molar-refractivity contribution in [1.82, 2.24) is 9.80 Å². The monoisotopic (exact) mass is 800 g/mol. The predicted octanol–water partition coefficient (Wildman–Crippen LogP) is 10.5. The van der Waals surface area contributed by atoms with E-state index >= 15 is 0 Å². The summed E-state index contributed by atoms with van der Waals surface area (Å²) in [7, 11) is 1.58. The fourth-order valence-electron chi connectivity index (χ4n) is 5.90. The largest absolute Gasteiger partial charge is 0.497 e. The number of allylic oxidation sites excluding steroid dienone is 2. The number of carbonyl (C=O) groups excluding carboxylic acids is 4. The molecule has 2 aliphatic heterocycles. The van der Waals surface area contributed by atoms with Gasteiger partial charge in [0.2, 0.25) is 0 Å². The summed E-state index contributed by atoms with van der Waals surface area (Å²) in [5, 5.41) is 5.74. The topological polar surface area (TPSA) is 108 Å². The molecule has 6 rings (SSSR count). The van der Waals surface area contributed by atoms with Gasteiger partial charge in [0.25, 0.3) is 0 Å². The molecule has 4 aromatic rings. The molecule has 282 valence electrons. The lowest BCUT2D eigenvalue weighted by atomic mass is 9.97. The standard InChI is InChI=1S/C20H18BrFN2O2.C20H19FN2O3.C2H6/c1-12-9-13(2)19(21)17(10-12)23-20(26)24-8-7-16(25)11-18(24)14-3-5-15(22)6-4-14;1-13-11-17(26-2)7-8-18(13)22-20(25)23-10-9-16(24)12-19(23)14-3-5-15(21)6-4-14;1-2/h3-10,18H,11H2,1-2H3,(H,23,26);3-11,19H,12H2,1-2H3,(H,22,25);1-2H3. The van der Waals surface area contributed by atoms with Gasteiger partial charge < -0.3 is 15.4 Å². The van der Waals surface area contributed by atoms with Crippen LogP contribution in [-0.2, 0) is 9.59 Å². The van der Waals surface area contributed by atoms with Crippen molar-refractivity contribution in [3.05, 3.63) is 147 Å². The Hall–Kier alpha value is -5.62. The van der Waals surface area contributed by atoms with Crippen LogP contribution in [0.5, 0.6) is 5.75 Å². The number of nitrogens with zero attached hydrogens (tertiary/aromatic N) is 2. The number of urea groups is 2. The molecule has 4 amide bonds. The third kappa shape index (κ3) is 10.5. The summed E-state index contributed by atoms with van der Waals surface area (Å²) in [5.74, 6) is -0.175. The SMILES string of the molecule is CC.COc1ccc(NC(=O)N2C=CC(=O)CC2c2ccc(F)cc2)c(C)c1.Cc1cc(C)c(Br)c(NC(=O)N2C=CC(=O)CC2c2ccc(F)cc2)c1. The molecular formula is C42H43BrF2N4O5. The molecule has 4 aromatic carbocycles. The minimum Gasteiger partial charge on any atom is -0.497 e. The molecule has 2 aliphatic rings. The lowest BCUT2D eigenvalue weighted by Gasteiger charge is -2.31. The van der Waals surface area contributed by atoms with Crippen molar-refractivity contribution in [2.75, 3.05) is 17.7 Å². The summed E-state index contributed by atoms with van der Waals surface area (Å²) in [5.41, 5.74) is 5.62. The van der Waals surface area contributed by atoms with Crippen molar-refractivity contribution in [3.63, 3.8) is 0 Å². The number of hydrogen-bond donors (Lipinski definition) is 2. The van der Waals surface area contributed by atoms with Gasteiger partial charge >= 0.3 is 12.1 Å². The van der Waals surface area contributed by atoms with E-state index < -0.39 is 12.1 Å². The van der Waals surface area contributed by atoms with Crippen molar-refractivity contribution >= 4 is 50.9 Å². The maximum Gasteiger partial charge on any atom is 0.326 e. The zero-order valence-corrected chi connectivity index (χ0v) is 32.5. The van der Waals surface area contributed by atoms with Crippen molar-refractivity contribution in [2.45, 2.75) is 59.5 Å². The highest BCUT2D eigenvalue weighted by Crippen LogP contribution is 2.33. The van der Waals surface area contributed by atoms with Crippen LogP contribution in [0.2, 0.25) is 0 Å². The summed E-state index contributed by atoms with van der Waals surface area (Å²) in [6.07, 6.45) is 6.01. The molecule has 0 saturated heterocycles. The average Bonchev–Trinajstić information content (AvgIpc) is 3.16. The number of ether oxygens (including phenoxy) is 1. The van der Waals surface area contributed by atoms with E-state index in [0.29, 0.717) is 28.3 Å². The Morgan fingerprint density at radius 3 is 1.59 bits per heavy atom. The van der Waals surface area contributed by atoms with E-state index in [2.05, 4.69) is 26.6 Å². The zero-order valence-electron chi connectivity index (χ0n) is 31.0. The average molecular weight is 802 g/mol. The van der Waals surface area contributed by atoms with Gasteiger partial charge in [-0.3, -0.25) is 19.4 Å². The first-order valence-electron chi connectivity index (χ1n) is 17.4. The number of carbonyl (C=O) groups is 4. The van der Waals surface area contributed by atoms with E-state index in [0.717, 1.165) is 21.2 Å². The number of hydrogen-bond acceptors (Lipinski definition) is 5. The van der Waals surface area contributed by atoms with Gasteiger partial charge in [0.05, 0.1) is 24.9 Å². The molecule has 2 unspecified atom stereocenters. The van der Waals surface area contributed by atoms with Crippen molar-refractivity contribution in [2.24, 2.45) is 0 Å². The third-order valence-electron chi connectivity index (χ3n) is 8.60. The van der Waals surface area contributed by atoms with Crippen molar-refractivity contribution < 1.29 is 32.7 Å². The number of amides is 4. The predicted molar refractivity (Wildman–Crippen MR) is 210 cm³/mol. The first-order chi connectivity index (χ1) is 25.8. The Morgan fingerprint density at radius 2 is 1.15 bits per heavy atom. The number of rotatable bonds is 5. The van der Waals surface area contributed by atoms with Gasteiger partial charge in [0.15, 0.2) is 11.6 Å². The minimum absolute atomic E-state index is 0.0732. The summed E-state index contributed by atoms with van der Waals surface area (Å²) in [6, 6.07) is 19.2. The van der Waals surface area contributed by atoms with Crippen LogP contribution >= 0.6 is 15.9 Å². The van der Waals surface area contributed by atoms with Gasteiger partial charge in [0.1, 0.15) is 17.4 Å². The molecule has 2 N–H and O–H groups in total. The summed E-state index contributed by atoms with van der Waals surface area (Å²) < 4.78 is 32.4. The van der Waals surface area contributed by atoms with E-state index in [-0.39, 0.29) is 48.1 Å². The van der Waals surface area contributed by atoms with Crippen LogP contribution < -0.4 is 15.4 Å². The van der Waals surface area contributed by atoms with Gasteiger partial charge in [-0.2, -0.15) is 0 Å². The molecule has 0 aliphatic carbocycles. The Balaban J connectivity index is 0.000000230. The smallest absolute Gasteiger partial charge is 0.326 e. The molecule has 0 fully saturated rings. The number of benzene rings is 4. The quantitative estimate of drug-likeness (QED) is 0.209. The lowest BCUT2D eigenvalue weighted by Crippen LogP contribution is -2.37. The van der Waals surface area contributed by atoms with E-state index in [1.807, 2.05) is 52.8 Å². The van der Waals surface area contributed by atoms with Gasteiger partial charge in [-0.15, -0.1) is 0 Å². The number of halogens is 3. The highest BCUT2D eigenvalue weighted by molar-refractivity contribution is 9.10. The lowest BCUT2D eigenvalue weighted by molar-refractivity contribution is -0.117. The second-order valence-electron chi connectivity index (χ2n) is 12.4. The molecule has 54 heavy (non-hydrogen) atoms. The van der Waals surface area contributed by atoms with Gasteiger partial charge in [0, 0.05) is 35.4 Å². The van der Waals surface area contributed by atoms with Crippen LogP contribution in [0.3, 0.4) is 0 Å². The molecule has 0 aromatic heterocycles. The normalized spacial score (nSPS) is 16.1. The number of methoxy groups -OCH3 is 1. The van der Waals surface area contributed by atoms with Crippen LogP contribution in [0.25, 0.3) is 0 Å². The van der Waals surface area contributed by atoms with Crippen LogP contribution in [0.4, 0.5) is 29.7 Å². The van der Waals surface area contributed by atoms with E-state index in [9.17, 15) is 28.0 Å². The van der Waals surface area contributed by atoms with Gasteiger partial charge in [-0.25, -0.2) is 18.4 Å².